The Balaban J connectivity index is 1.95. The van der Waals surface area contributed by atoms with Crippen LogP contribution >= 0.6 is 0 Å². The van der Waals surface area contributed by atoms with Crippen molar-refractivity contribution in [3.63, 3.8) is 0 Å². The van der Waals surface area contributed by atoms with Gasteiger partial charge in [-0.2, -0.15) is 0 Å². The molecular weight excluding hydrogens is 224 g/mol. The minimum atomic E-state index is 0.686. The van der Waals surface area contributed by atoms with E-state index in [2.05, 4.69) is 29.3 Å². The molecule has 1 aromatic rings. The van der Waals surface area contributed by atoms with E-state index in [0.717, 1.165) is 25.4 Å². The summed E-state index contributed by atoms with van der Waals surface area (Å²) in [6.45, 7) is 6.70. The average molecular weight is 248 g/mol. The number of ether oxygens (including phenoxy) is 1. The summed E-state index contributed by atoms with van der Waals surface area (Å²) in [5.74, 6) is 0.932. The van der Waals surface area contributed by atoms with E-state index >= 15 is 0 Å². The second-order valence-electron chi connectivity index (χ2n) is 4.91. The second-order valence-corrected chi connectivity index (χ2v) is 4.91. The summed E-state index contributed by atoms with van der Waals surface area (Å²) in [5.41, 5.74) is 1.36. The molecule has 18 heavy (non-hydrogen) atoms. The van der Waals surface area contributed by atoms with Crippen LogP contribution in [-0.4, -0.2) is 37.7 Å². The molecule has 1 saturated heterocycles. The third-order valence-electron chi connectivity index (χ3n) is 3.74. The van der Waals surface area contributed by atoms with E-state index in [-0.39, 0.29) is 0 Å². The monoisotopic (exact) mass is 248 g/mol. The number of piperidine rings is 1. The highest BCUT2D eigenvalue weighted by atomic mass is 16.5. The molecule has 0 aromatic heterocycles. The minimum Gasteiger partial charge on any atom is -0.497 e. The number of benzene rings is 1. The smallest absolute Gasteiger partial charge is 0.118 e. The van der Waals surface area contributed by atoms with E-state index in [4.69, 9.17) is 4.74 Å². The van der Waals surface area contributed by atoms with Crippen molar-refractivity contribution in [3.05, 3.63) is 29.8 Å². The molecule has 1 unspecified atom stereocenters. The number of rotatable bonds is 5. The van der Waals surface area contributed by atoms with Gasteiger partial charge >= 0.3 is 0 Å². The fourth-order valence-corrected chi connectivity index (χ4v) is 2.61. The highest BCUT2D eigenvalue weighted by Gasteiger charge is 2.19. The van der Waals surface area contributed by atoms with Crippen LogP contribution in [0, 0.1) is 0 Å². The zero-order valence-corrected chi connectivity index (χ0v) is 11.5. The highest BCUT2D eigenvalue weighted by Crippen LogP contribution is 2.16. The van der Waals surface area contributed by atoms with Crippen LogP contribution in [-0.2, 0) is 6.54 Å². The van der Waals surface area contributed by atoms with Gasteiger partial charge in [0.15, 0.2) is 0 Å². The van der Waals surface area contributed by atoms with Crippen molar-refractivity contribution in [2.45, 2.75) is 32.4 Å². The van der Waals surface area contributed by atoms with Gasteiger partial charge in [-0.05, 0) is 43.6 Å². The fourth-order valence-electron chi connectivity index (χ4n) is 2.61. The third kappa shape index (κ3) is 3.47. The normalized spacial score (nSPS) is 20.1. The predicted molar refractivity (Wildman–Crippen MR) is 75.0 cm³/mol. The Morgan fingerprint density at radius 1 is 1.33 bits per heavy atom. The maximum atomic E-state index is 5.19. The summed E-state index contributed by atoms with van der Waals surface area (Å²) >= 11 is 0. The number of hydrogen-bond donors (Lipinski definition) is 1. The lowest BCUT2D eigenvalue weighted by Crippen LogP contribution is -2.45. The van der Waals surface area contributed by atoms with Crippen LogP contribution in [0.1, 0.15) is 25.3 Å². The summed E-state index contributed by atoms with van der Waals surface area (Å²) in [6, 6.07) is 9.10. The zero-order chi connectivity index (χ0) is 12.8. The zero-order valence-electron chi connectivity index (χ0n) is 11.5. The van der Waals surface area contributed by atoms with Crippen LogP contribution in [0.15, 0.2) is 24.3 Å². The van der Waals surface area contributed by atoms with Gasteiger partial charge in [-0.1, -0.05) is 19.1 Å². The van der Waals surface area contributed by atoms with Crippen LogP contribution in [0.4, 0.5) is 0 Å². The van der Waals surface area contributed by atoms with Crippen molar-refractivity contribution in [1.82, 2.24) is 10.2 Å². The Labute approximate surface area is 110 Å². The number of likely N-dealkylation sites (N-methyl/N-ethyl adjacent to an activating group) is 1. The van der Waals surface area contributed by atoms with Crippen LogP contribution in [0.3, 0.4) is 0 Å². The maximum absolute atomic E-state index is 5.19. The molecule has 3 nitrogen and oxygen atoms in total. The van der Waals surface area contributed by atoms with E-state index in [1.165, 1.54) is 24.9 Å². The molecule has 1 N–H and O–H groups in total. The SMILES string of the molecule is CCN(Cc1ccc(OC)cc1)C1CCCNC1. The lowest BCUT2D eigenvalue weighted by molar-refractivity contribution is 0.166. The first-order valence-electron chi connectivity index (χ1n) is 6.91. The van der Waals surface area contributed by atoms with Crippen LogP contribution in [0.5, 0.6) is 5.75 Å². The summed E-state index contributed by atoms with van der Waals surface area (Å²) in [7, 11) is 1.71. The van der Waals surface area contributed by atoms with Crippen molar-refractivity contribution < 1.29 is 4.74 Å². The van der Waals surface area contributed by atoms with Gasteiger partial charge in [0.05, 0.1) is 7.11 Å². The molecule has 0 saturated carbocycles. The molecule has 0 radical (unpaired) electrons. The standard InChI is InChI=1S/C15H24N2O/c1-3-17(14-5-4-10-16-11-14)12-13-6-8-15(18-2)9-7-13/h6-9,14,16H,3-5,10-12H2,1-2H3. The molecule has 3 heteroatoms. The van der Waals surface area contributed by atoms with Crippen molar-refractivity contribution in [2.24, 2.45) is 0 Å². The van der Waals surface area contributed by atoms with Crippen molar-refractivity contribution in [3.8, 4) is 5.75 Å². The molecule has 1 aromatic carbocycles. The molecule has 1 fully saturated rings. The van der Waals surface area contributed by atoms with E-state index < -0.39 is 0 Å². The minimum absolute atomic E-state index is 0.686. The molecule has 0 aliphatic carbocycles. The Bertz CT molecular complexity index is 344. The van der Waals surface area contributed by atoms with Gasteiger partial charge in [0, 0.05) is 19.1 Å². The number of hydrogen-bond acceptors (Lipinski definition) is 3. The van der Waals surface area contributed by atoms with Crippen LogP contribution < -0.4 is 10.1 Å². The molecule has 1 aliphatic heterocycles. The Morgan fingerprint density at radius 3 is 2.67 bits per heavy atom. The predicted octanol–water partition coefficient (Wildman–Crippen LogP) is 2.27. The Kier molecular flexibility index (Phi) is 5.02. The molecule has 0 spiro atoms. The van der Waals surface area contributed by atoms with Crippen LogP contribution in [0.2, 0.25) is 0 Å². The van der Waals surface area contributed by atoms with Gasteiger partial charge in [0.25, 0.3) is 0 Å². The molecule has 0 amide bonds. The first-order chi connectivity index (χ1) is 8.83. The van der Waals surface area contributed by atoms with E-state index in [9.17, 15) is 0 Å². The fraction of sp³-hybridized carbons (Fsp3) is 0.600. The third-order valence-corrected chi connectivity index (χ3v) is 3.74. The summed E-state index contributed by atoms with van der Waals surface area (Å²) in [5, 5.41) is 3.49. The molecule has 100 valence electrons. The van der Waals surface area contributed by atoms with Gasteiger partial charge in [-0.3, -0.25) is 4.90 Å². The van der Waals surface area contributed by atoms with E-state index in [1.807, 2.05) is 12.1 Å². The van der Waals surface area contributed by atoms with Gasteiger partial charge in [0.1, 0.15) is 5.75 Å². The Hall–Kier alpha value is -1.06. The van der Waals surface area contributed by atoms with Crippen molar-refractivity contribution in [1.29, 1.82) is 0 Å². The van der Waals surface area contributed by atoms with Gasteiger partial charge < -0.3 is 10.1 Å². The van der Waals surface area contributed by atoms with E-state index in [1.54, 1.807) is 7.11 Å². The topological polar surface area (TPSA) is 24.5 Å². The lowest BCUT2D eigenvalue weighted by atomic mass is 10.0. The van der Waals surface area contributed by atoms with Crippen molar-refractivity contribution >= 4 is 0 Å². The summed E-state index contributed by atoms with van der Waals surface area (Å²) < 4.78 is 5.19. The molecule has 1 heterocycles. The first kappa shape index (κ1) is 13.4. The molecule has 1 atom stereocenters. The lowest BCUT2D eigenvalue weighted by Gasteiger charge is -2.34. The number of nitrogens with one attached hydrogen (secondary N) is 1. The quantitative estimate of drug-likeness (QED) is 0.865. The molecule has 2 rings (SSSR count). The highest BCUT2D eigenvalue weighted by molar-refractivity contribution is 5.27. The van der Waals surface area contributed by atoms with Crippen molar-refractivity contribution in [2.75, 3.05) is 26.7 Å². The van der Waals surface area contributed by atoms with Gasteiger partial charge in [0.2, 0.25) is 0 Å². The summed E-state index contributed by atoms with van der Waals surface area (Å²) in [4.78, 5) is 2.56. The van der Waals surface area contributed by atoms with Crippen LogP contribution in [0.25, 0.3) is 0 Å². The molecule has 1 aliphatic rings. The molecular formula is C15H24N2O. The first-order valence-corrected chi connectivity index (χ1v) is 6.91. The maximum Gasteiger partial charge on any atom is 0.118 e. The van der Waals surface area contributed by atoms with E-state index in [0.29, 0.717) is 6.04 Å². The van der Waals surface area contributed by atoms with Gasteiger partial charge in [-0.15, -0.1) is 0 Å². The largest absolute Gasteiger partial charge is 0.497 e. The molecule has 0 bridgehead atoms. The summed E-state index contributed by atoms with van der Waals surface area (Å²) in [6.07, 6.45) is 2.61. The average Bonchev–Trinajstić information content (AvgIpc) is 2.46. The number of methoxy groups -OCH3 is 1. The second kappa shape index (κ2) is 6.76. The number of nitrogens with zero attached hydrogens (tertiary/aromatic N) is 1. The van der Waals surface area contributed by atoms with Gasteiger partial charge in [-0.25, -0.2) is 0 Å². The Morgan fingerprint density at radius 2 is 2.11 bits per heavy atom.